The molecule has 3 aromatic carbocycles. The molecule has 7 heteroatoms. The molecule has 0 saturated carbocycles. The highest BCUT2D eigenvalue weighted by Crippen LogP contribution is 2.20. The zero-order valence-corrected chi connectivity index (χ0v) is 19.6. The zero-order valence-electron chi connectivity index (χ0n) is 19.6. The van der Waals surface area contributed by atoms with Crippen molar-refractivity contribution < 1.29 is 14.1 Å². The number of aromatic nitrogens is 2. The van der Waals surface area contributed by atoms with E-state index < -0.39 is 0 Å². The molecule has 1 fully saturated rings. The second-order valence-corrected chi connectivity index (χ2v) is 8.69. The molecule has 1 aliphatic heterocycles. The Hall–Kier alpha value is -4.10. The molecule has 2 heterocycles. The first kappa shape index (κ1) is 22.7. The average molecular weight is 467 g/mol. The van der Waals surface area contributed by atoms with Crippen LogP contribution in [0.5, 0.6) is 0 Å². The Bertz CT molecular complexity index is 1320. The van der Waals surface area contributed by atoms with Crippen molar-refractivity contribution in [3.05, 3.63) is 107 Å². The minimum atomic E-state index is -0.144. The van der Waals surface area contributed by atoms with Gasteiger partial charge in [-0.1, -0.05) is 83.5 Å². The van der Waals surface area contributed by atoms with Gasteiger partial charge in [0, 0.05) is 42.9 Å². The zero-order chi connectivity index (χ0) is 24.2. The van der Waals surface area contributed by atoms with Gasteiger partial charge in [-0.05, 0) is 13.0 Å². The summed E-state index contributed by atoms with van der Waals surface area (Å²) in [4.78, 5) is 34.9. The van der Waals surface area contributed by atoms with Crippen LogP contribution in [0.15, 0.2) is 83.4 Å². The second-order valence-electron chi connectivity index (χ2n) is 8.69. The van der Waals surface area contributed by atoms with E-state index in [1.165, 1.54) is 5.56 Å². The molecular formula is C28H26N4O3. The summed E-state index contributed by atoms with van der Waals surface area (Å²) in [5.41, 5.74) is 3.54. The third-order valence-electron chi connectivity index (χ3n) is 6.23. The summed E-state index contributed by atoms with van der Waals surface area (Å²) in [6.07, 6.45) is 0. The van der Waals surface area contributed by atoms with Crippen molar-refractivity contribution >= 4 is 11.7 Å². The average Bonchev–Trinajstić information content (AvgIpc) is 3.37. The standard InChI is InChI=1S/C28H26N4O3/c1-20-11-13-22(14-12-20)27-29-25(35-30-27)19-31-15-17-32(18-16-31)28(34)24-10-6-5-9-23(24)26(33)21-7-3-2-4-8-21/h2-14H,15-19H2,1H3. The van der Waals surface area contributed by atoms with E-state index in [9.17, 15) is 9.59 Å². The normalized spacial score (nSPS) is 14.1. The highest BCUT2D eigenvalue weighted by atomic mass is 16.5. The summed E-state index contributed by atoms with van der Waals surface area (Å²) >= 11 is 0. The molecule has 0 bridgehead atoms. The molecule has 0 spiro atoms. The van der Waals surface area contributed by atoms with Crippen LogP contribution in [0.4, 0.5) is 0 Å². The molecule has 5 rings (SSSR count). The van der Waals surface area contributed by atoms with Crippen LogP contribution in [0.2, 0.25) is 0 Å². The lowest BCUT2D eigenvalue weighted by molar-refractivity contribution is 0.0612. The first-order valence-electron chi connectivity index (χ1n) is 11.7. The van der Waals surface area contributed by atoms with Crippen molar-refractivity contribution in [2.75, 3.05) is 26.2 Å². The Balaban J connectivity index is 1.22. The minimum absolute atomic E-state index is 0.121. The maximum atomic E-state index is 13.3. The van der Waals surface area contributed by atoms with Gasteiger partial charge in [0.15, 0.2) is 5.78 Å². The van der Waals surface area contributed by atoms with E-state index in [2.05, 4.69) is 15.0 Å². The summed E-state index contributed by atoms with van der Waals surface area (Å²) in [5.74, 6) is 0.866. The van der Waals surface area contributed by atoms with Gasteiger partial charge in [0.25, 0.3) is 5.91 Å². The quantitative estimate of drug-likeness (QED) is 0.396. The van der Waals surface area contributed by atoms with Gasteiger partial charge in [-0.25, -0.2) is 0 Å². The number of piperazine rings is 1. The lowest BCUT2D eigenvalue weighted by Gasteiger charge is -2.34. The Labute approximate surface area is 204 Å². The molecule has 0 radical (unpaired) electrons. The van der Waals surface area contributed by atoms with Gasteiger partial charge < -0.3 is 9.42 Å². The van der Waals surface area contributed by atoms with E-state index in [0.29, 0.717) is 61.1 Å². The van der Waals surface area contributed by atoms with Crippen molar-refractivity contribution in [2.45, 2.75) is 13.5 Å². The van der Waals surface area contributed by atoms with Crippen LogP contribution >= 0.6 is 0 Å². The van der Waals surface area contributed by atoms with Crippen molar-refractivity contribution in [2.24, 2.45) is 0 Å². The predicted octanol–water partition coefficient (Wildman–Crippen LogP) is 4.23. The topological polar surface area (TPSA) is 79.5 Å². The summed E-state index contributed by atoms with van der Waals surface area (Å²) in [6, 6.07) is 24.1. The molecule has 0 N–H and O–H groups in total. The first-order chi connectivity index (χ1) is 17.1. The molecule has 0 aliphatic carbocycles. The van der Waals surface area contributed by atoms with Gasteiger partial charge in [0.2, 0.25) is 11.7 Å². The Morgan fingerprint density at radius 1 is 0.829 bits per heavy atom. The second kappa shape index (κ2) is 10.0. The Kier molecular flexibility index (Phi) is 6.50. The van der Waals surface area contributed by atoms with E-state index in [0.717, 1.165) is 5.56 Å². The summed E-state index contributed by atoms with van der Waals surface area (Å²) in [7, 11) is 0. The SMILES string of the molecule is Cc1ccc(-c2noc(CN3CCN(C(=O)c4ccccc4C(=O)c4ccccc4)CC3)n2)cc1. The first-order valence-corrected chi connectivity index (χ1v) is 11.7. The number of hydrogen-bond donors (Lipinski definition) is 0. The van der Waals surface area contributed by atoms with Gasteiger partial charge in [0.05, 0.1) is 12.1 Å². The molecule has 1 aliphatic rings. The number of carbonyl (C=O) groups excluding carboxylic acids is 2. The number of amides is 1. The molecule has 1 amide bonds. The third kappa shape index (κ3) is 5.05. The highest BCUT2D eigenvalue weighted by Gasteiger charge is 2.26. The van der Waals surface area contributed by atoms with E-state index in [1.807, 2.05) is 49.4 Å². The van der Waals surface area contributed by atoms with E-state index in [4.69, 9.17) is 4.52 Å². The van der Waals surface area contributed by atoms with Crippen LogP contribution in [-0.2, 0) is 6.54 Å². The lowest BCUT2D eigenvalue weighted by Crippen LogP contribution is -2.48. The fourth-order valence-electron chi connectivity index (χ4n) is 4.22. The van der Waals surface area contributed by atoms with Gasteiger partial charge in [-0.15, -0.1) is 0 Å². The van der Waals surface area contributed by atoms with E-state index in [-0.39, 0.29) is 11.7 Å². The minimum Gasteiger partial charge on any atom is -0.338 e. The molecule has 7 nitrogen and oxygen atoms in total. The largest absolute Gasteiger partial charge is 0.338 e. The summed E-state index contributed by atoms with van der Waals surface area (Å²) in [5, 5.41) is 4.11. The molecular weight excluding hydrogens is 440 g/mol. The van der Waals surface area contributed by atoms with E-state index in [1.54, 1.807) is 41.3 Å². The fourth-order valence-corrected chi connectivity index (χ4v) is 4.22. The van der Waals surface area contributed by atoms with Gasteiger partial charge in [-0.3, -0.25) is 14.5 Å². The van der Waals surface area contributed by atoms with Crippen LogP contribution in [-0.4, -0.2) is 57.8 Å². The smallest absolute Gasteiger partial charge is 0.254 e. The number of ketones is 1. The highest BCUT2D eigenvalue weighted by molar-refractivity contribution is 6.15. The molecule has 0 unspecified atom stereocenters. The van der Waals surface area contributed by atoms with Gasteiger partial charge >= 0.3 is 0 Å². The third-order valence-corrected chi connectivity index (χ3v) is 6.23. The van der Waals surface area contributed by atoms with Crippen LogP contribution in [0, 0.1) is 6.92 Å². The van der Waals surface area contributed by atoms with Crippen LogP contribution in [0.1, 0.15) is 37.7 Å². The van der Waals surface area contributed by atoms with Gasteiger partial charge in [-0.2, -0.15) is 4.98 Å². The molecule has 176 valence electrons. The lowest BCUT2D eigenvalue weighted by atomic mass is 9.97. The molecule has 1 aromatic heterocycles. The molecule has 0 atom stereocenters. The predicted molar refractivity (Wildman–Crippen MR) is 132 cm³/mol. The number of rotatable bonds is 6. The maximum absolute atomic E-state index is 13.3. The number of benzene rings is 3. The van der Waals surface area contributed by atoms with Crippen LogP contribution in [0.3, 0.4) is 0 Å². The van der Waals surface area contributed by atoms with Crippen LogP contribution < -0.4 is 0 Å². The summed E-state index contributed by atoms with van der Waals surface area (Å²) in [6.45, 7) is 5.06. The van der Waals surface area contributed by atoms with E-state index >= 15 is 0 Å². The Morgan fingerprint density at radius 2 is 1.49 bits per heavy atom. The molecule has 1 saturated heterocycles. The van der Waals surface area contributed by atoms with Crippen molar-refractivity contribution in [3.8, 4) is 11.4 Å². The maximum Gasteiger partial charge on any atom is 0.254 e. The molecule has 4 aromatic rings. The monoisotopic (exact) mass is 466 g/mol. The van der Waals surface area contributed by atoms with Gasteiger partial charge in [0.1, 0.15) is 0 Å². The van der Waals surface area contributed by atoms with Crippen molar-refractivity contribution in [1.29, 1.82) is 0 Å². The Morgan fingerprint density at radius 3 is 2.20 bits per heavy atom. The number of aryl methyl sites for hydroxylation is 1. The van der Waals surface area contributed by atoms with Crippen molar-refractivity contribution in [3.63, 3.8) is 0 Å². The number of hydrogen-bond acceptors (Lipinski definition) is 6. The number of nitrogens with zero attached hydrogens (tertiary/aromatic N) is 4. The van der Waals surface area contributed by atoms with Crippen LogP contribution in [0.25, 0.3) is 11.4 Å². The molecule has 35 heavy (non-hydrogen) atoms. The fraction of sp³-hybridized carbons (Fsp3) is 0.214. The number of carbonyl (C=O) groups is 2. The van der Waals surface area contributed by atoms with Crippen molar-refractivity contribution in [1.82, 2.24) is 19.9 Å². The summed E-state index contributed by atoms with van der Waals surface area (Å²) < 4.78 is 5.46.